The Labute approximate surface area is 142 Å². The largest absolute Gasteiger partial charge is 0.493 e. The van der Waals surface area contributed by atoms with E-state index in [-0.39, 0.29) is 11.8 Å². The number of carbonyl (C=O) groups is 1. The van der Waals surface area contributed by atoms with Gasteiger partial charge in [0.1, 0.15) is 0 Å². The Morgan fingerprint density at radius 1 is 1.33 bits per heavy atom. The van der Waals surface area contributed by atoms with E-state index in [1.165, 1.54) is 0 Å². The van der Waals surface area contributed by atoms with Crippen molar-refractivity contribution in [1.29, 1.82) is 0 Å². The van der Waals surface area contributed by atoms with E-state index in [4.69, 9.17) is 9.47 Å². The summed E-state index contributed by atoms with van der Waals surface area (Å²) >= 11 is 0. The molecule has 1 aliphatic rings. The van der Waals surface area contributed by atoms with E-state index in [0.29, 0.717) is 18.6 Å². The molecule has 0 bridgehead atoms. The minimum Gasteiger partial charge on any atom is -0.493 e. The van der Waals surface area contributed by atoms with E-state index < -0.39 is 0 Å². The summed E-state index contributed by atoms with van der Waals surface area (Å²) in [5.41, 5.74) is 2.64. The quantitative estimate of drug-likeness (QED) is 0.866. The maximum absolute atomic E-state index is 12.3. The van der Waals surface area contributed by atoms with Crippen molar-refractivity contribution >= 4 is 5.91 Å². The van der Waals surface area contributed by atoms with Gasteiger partial charge in [0.15, 0.2) is 11.5 Å². The number of fused-ring (bicyclic) bond motifs is 1. The minimum atomic E-state index is -0.0168. The van der Waals surface area contributed by atoms with E-state index in [0.717, 1.165) is 29.2 Å². The number of aromatic nitrogens is 1. The second-order valence-corrected chi connectivity index (χ2v) is 6.23. The average molecular weight is 326 g/mol. The van der Waals surface area contributed by atoms with Gasteiger partial charge in [-0.2, -0.15) is 0 Å². The topological polar surface area (TPSA) is 51.7 Å². The van der Waals surface area contributed by atoms with Gasteiger partial charge in [-0.25, -0.2) is 0 Å². The zero-order valence-corrected chi connectivity index (χ0v) is 14.3. The zero-order valence-electron chi connectivity index (χ0n) is 14.3. The van der Waals surface area contributed by atoms with Crippen molar-refractivity contribution < 1.29 is 14.3 Å². The molecule has 24 heavy (non-hydrogen) atoms. The maximum Gasteiger partial charge on any atom is 0.255 e. The number of hydrogen-bond donors (Lipinski definition) is 0. The maximum atomic E-state index is 12.3. The van der Waals surface area contributed by atoms with E-state index >= 15 is 0 Å². The highest BCUT2D eigenvalue weighted by molar-refractivity contribution is 5.94. The van der Waals surface area contributed by atoms with Crippen molar-refractivity contribution in [2.45, 2.75) is 12.8 Å². The SMILES string of the molecule is COc1cccc2c1OC[C@@H](Cc1ncccc1C(=O)N(C)C)C2. The molecular formula is C19H22N2O3. The second-order valence-electron chi connectivity index (χ2n) is 6.23. The Bertz CT molecular complexity index is 743. The molecule has 0 aliphatic carbocycles. The standard InChI is InChI=1S/C19H22N2O3/c1-21(2)19(22)15-7-5-9-20-16(15)11-13-10-14-6-4-8-17(23-3)18(14)24-12-13/h4-9,13H,10-12H2,1-3H3/t13-/m1/s1. The third kappa shape index (κ3) is 3.20. The number of ether oxygens (including phenoxy) is 2. The van der Waals surface area contributed by atoms with Crippen molar-refractivity contribution in [3.05, 3.63) is 53.3 Å². The molecule has 1 aromatic carbocycles. The van der Waals surface area contributed by atoms with Gasteiger partial charge in [-0.1, -0.05) is 12.1 Å². The van der Waals surface area contributed by atoms with Gasteiger partial charge in [-0.05, 0) is 36.6 Å². The van der Waals surface area contributed by atoms with Gasteiger partial charge in [0.05, 0.1) is 25.0 Å². The van der Waals surface area contributed by atoms with Crippen molar-refractivity contribution in [3.8, 4) is 11.5 Å². The molecule has 126 valence electrons. The predicted octanol–water partition coefficient (Wildman–Crippen LogP) is 2.59. The van der Waals surface area contributed by atoms with Crippen LogP contribution in [-0.2, 0) is 12.8 Å². The highest BCUT2D eigenvalue weighted by Crippen LogP contribution is 2.36. The Hall–Kier alpha value is -2.56. The van der Waals surface area contributed by atoms with Crippen molar-refractivity contribution in [2.75, 3.05) is 27.8 Å². The molecule has 1 aliphatic heterocycles. The molecule has 0 saturated heterocycles. The Morgan fingerprint density at radius 2 is 2.17 bits per heavy atom. The number of methoxy groups -OCH3 is 1. The van der Waals surface area contributed by atoms with E-state index in [9.17, 15) is 4.79 Å². The summed E-state index contributed by atoms with van der Waals surface area (Å²) in [7, 11) is 5.16. The first-order valence-electron chi connectivity index (χ1n) is 8.04. The van der Waals surface area contributed by atoms with Crippen LogP contribution in [0, 0.1) is 5.92 Å². The molecule has 1 aromatic heterocycles. The Balaban J connectivity index is 1.80. The van der Waals surface area contributed by atoms with Crippen LogP contribution in [-0.4, -0.2) is 43.6 Å². The van der Waals surface area contributed by atoms with Crippen molar-refractivity contribution in [2.24, 2.45) is 5.92 Å². The number of para-hydroxylation sites is 1. The van der Waals surface area contributed by atoms with Gasteiger partial charge >= 0.3 is 0 Å². The number of rotatable bonds is 4. The summed E-state index contributed by atoms with van der Waals surface area (Å²) < 4.78 is 11.3. The molecular weight excluding hydrogens is 304 g/mol. The molecule has 0 unspecified atom stereocenters. The monoisotopic (exact) mass is 326 g/mol. The highest BCUT2D eigenvalue weighted by Gasteiger charge is 2.25. The fourth-order valence-electron chi connectivity index (χ4n) is 3.06. The van der Waals surface area contributed by atoms with Crippen LogP contribution in [0.2, 0.25) is 0 Å². The normalized spacial score (nSPS) is 16.0. The number of hydrogen-bond acceptors (Lipinski definition) is 4. The van der Waals surface area contributed by atoms with E-state index in [1.807, 2.05) is 18.2 Å². The first-order valence-corrected chi connectivity index (χ1v) is 8.04. The van der Waals surface area contributed by atoms with Crippen LogP contribution in [0.3, 0.4) is 0 Å². The molecule has 2 aromatic rings. The highest BCUT2D eigenvalue weighted by atomic mass is 16.5. The summed E-state index contributed by atoms with van der Waals surface area (Å²) in [6.07, 6.45) is 3.34. The molecule has 0 N–H and O–H groups in total. The predicted molar refractivity (Wildman–Crippen MR) is 91.6 cm³/mol. The molecule has 1 atom stereocenters. The molecule has 0 fully saturated rings. The second kappa shape index (κ2) is 6.91. The summed E-state index contributed by atoms with van der Waals surface area (Å²) in [6, 6.07) is 9.59. The molecule has 5 heteroatoms. The average Bonchev–Trinajstić information content (AvgIpc) is 2.60. The molecule has 0 spiro atoms. The third-order valence-electron chi connectivity index (χ3n) is 4.26. The molecule has 1 amide bonds. The summed E-state index contributed by atoms with van der Waals surface area (Å²) in [4.78, 5) is 18.3. The molecule has 0 radical (unpaired) electrons. The lowest BCUT2D eigenvalue weighted by atomic mass is 9.91. The van der Waals surface area contributed by atoms with Crippen LogP contribution >= 0.6 is 0 Å². The van der Waals surface area contributed by atoms with E-state index in [2.05, 4.69) is 11.1 Å². The van der Waals surface area contributed by atoms with Gasteiger partial charge in [-0.3, -0.25) is 9.78 Å². The Kier molecular flexibility index (Phi) is 4.69. The van der Waals surface area contributed by atoms with E-state index in [1.54, 1.807) is 38.4 Å². The van der Waals surface area contributed by atoms with Crippen LogP contribution in [0.15, 0.2) is 36.5 Å². The van der Waals surface area contributed by atoms with Gasteiger partial charge in [-0.15, -0.1) is 0 Å². The molecule has 0 saturated carbocycles. The number of amides is 1. The number of pyridine rings is 1. The lowest BCUT2D eigenvalue weighted by Crippen LogP contribution is -2.27. The molecule has 3 rings (SSSR count). The zero-order chi connectivity index (χ0) is 17.1. The first-order chi connectivity index (χ1) is 11.6. The molecule has 2 heterocycles. The van der Waals surface area contributed by atoms with Crippen LogP contribution in [0.25, 0.3) is 0 Å². The minimum absolute atomic E-state index is 0.0168. The fourth-order valence-corrected chi connectivity index (χ4v) is 3.06. The van der Waals surface area contributed by atoms with Gasteiger partial charge in [0.2, 0.25) is 0 Å². The third-order valence-corrected chi connectivity index (χ3v) is 4.26. The Morgan fingerprint density at radius 3 is 2.92 bits per heavy atom. The summed E-state index contributed by atoms with van der Waals surface area (Å²) in [5.74, 6) is 1.87. The number of carbonyl (C=O) groups excluding carboxylic acids is 1. The number of benzene rings is 1. The van der Waals surface area contributed by atoms with Gasteiger partial charge in [0.25, 0.3) is 5.91 Å². The summed E-state index contributed by atoms with van der Waals surface area (Å²) in [5, 5.41) is 0. The van der Waals surface area contributed by atoms with Gasteiger partial charge < -0.3 is 14.4 Å². The summed E-state index contributed by atoms with van der Waals surface area (Å²) in [6.45, 7) is 0.597. The van der Waals surface area contributed by atoms with Crippen LogP contribution in [0.4, 0.5) is 0 Å². The van der Waals surface area contributed by atoms with Crippen LogP contribution in [0.5, 0.6) is 11.5 Å². The fraction of sp³-hybridized carbons (Fsp3) is 0.368. The first kappa shape index (κ1) is 16.3. The van der Waals surface area contributed by atoms with Crippen molar-refractivity contribution in [3.63, 3.8) is 0 Å². The van der Waals surface area contributed by atoms with Gasteiger partial charge in [0, 0.05) is 26.2 Å². The van der Waals surface area contributed by atoms with Crippen molar-refractivity contribution in [1.82, 2.24) is 9.88 Å². The lowest BCUT2D eigenvalue weighted by molar-refractivity contribution is 0.0825. The molecule has 5 nitrogen and oxygen atoms in total. The number of nitrogens with zero attached hydrogens (tertiary/aromatic N) is 2. The van der Waals surface area contributed by atoms with Crippen LogP contribution in [0.1, 0.15) is 21.6 Å². The lowest BCUT2D eigenvalue weighted by Gasteiger charge is -2.27. The smallest absolute Gasteiger partial charge is 0.255 e. The van der Waals surface area contributed by atoms with Crippen LogP contribution < -0.4 is 9.47 Å².